The molecule has 6 heteroatoms. The van der Waals surface area contributed by atoms with Crippen LogP contribution in [-0.4, -0.2) is 29.2 Å². The number of aromatic nitrogens is 2. The summed E-state index contributed by atoms with van der Waals surface area (Å²) < 4.78 is 0. The second-order valence-electron chi connectivity index (χ2n) is 7.25. The van der Waals surface area contributed by atoms with Gasteiger partial charge in [0.05, 0.1) is 11.4 Å². The summed E-state index contributed by atoms with van der Waals surface area (Å²) in [6.07, 6.45) is 3.69. The molecule has 2 aliphatic rings. The number of hydrogen-bond donors (Lipinski definition) is 2. The van der Waals surface area contributed by atoms with Gasteiger partial charge in [0.15, 0.2) is 0 Å². The van der Waals surface area contributed by atoms with Crippen LogP contribution in [0.25, 0.3) is 11.3 Å². The molecule has 25 heavy (non-hydrogen) atoms. The molecule has 1 aliphatic carbocycles. The highest BCUT2D eigenvalue weighted by atomic mass is 35.5. The van der Waals surface area contributed by atoms with Gasteiger partial charge in [-0.3, -0.25) is 4.79 Å². The van der Waals surface area contributed by atoms with E-state index in [4.69, 9.17) is 0 Å². The van der Waals surface area contributed by atoms with Gasteiger partial charge in [0.2, 0.25) is 5.91 Å². The lowest BCUT2D eigenvalue weighted by Gasteiger charge is -2.54. The molecule has 0 atom stereocenters. The van der Waals surface area contributed by atoms with Crippen molar-refractivity contribution >= 4 is 24.0 Å². The molecule has 1 saturated heterocycles. The minimum absolute atomic E-state index is 0. The summed E-state index contributed by atoms with van der Waals surface area (Å²) in [5, 5.41) is 14.9. The molecule has 0 bridgehead atoms. The molecule has 1 aromatic heterocycles. The fourth-order valence-electron chi connectivity index (χ4n) is 3.92. The third-order valence-electron chi connectivity index (χ3n) is 5.16. The van der Waals surface area contributed by atoms with Crippen LogP contribution in [0.3, 0.4) is 0 Å². The van der Waals surface area contributed by atoms with Crippen molar-refractivity contribution in [3.8, 4) is 11.3 Å². The fourth-order valence-corrected chi connectivity index (χ4v) is 3.92. The molecular formula is C19H23ClN4O. The van der Waals surface area contributed by atoms with E-state index in [9.17, 15) is 4.79 Å². The number of anilines is 1. The molecule has 5 nitrogen and oxygen atoms in total. The van der Waals surface area contributed by atoms with Crippen LogP contribution >= 0.6 is 12.4 Å². The molecule has 2 heterocycles. The monoisotopic (exact) mass is 358 g/mol. The second kappa shape index (κ2) is 7.10. The van der Waals surface area contributed by atoms with E-state index in [2.05, 4.69) is 26.9 Å². The summed E-state index contributed by atoms with van der Waals surface area (Å²) in [7, 11) is 0. The zero-order valence-corrected chi connectivity index (χ0v) is 15.1. The van der Waals surface area contributed by atoms with Crippen LogP contribution in [0.2, 0.25) is 0 Å². The Morgan fingerprint density at radius 1 is 1.16 bits per heavy atom. The number of carbonyl (C=O) groups is 1. The number of nitrogens with zero attached hydrogens (tertiary/aromatic N) is 2. The average Bonchev–Trinajstić information content (AvgIpc) is 2.49. The molecule has 132 valence electrons. The number of rotatable bonds is 4. The molecule has 1 amide bonds. The zero-order chi connectivity index (χ0) is 16.6. The molecule has 4 rings (SSSR count). The highest BCUT2D eigenvalue weighted by Gasteiger charge is 2.48. The van der Waals surface area contributed by atoms with Crippen LogP contribution in [0.5, 0.6) is 0 Å². The van der Waals surface area contributed by atoms with Crippen LogP contribution in [0, 0.1) is 11.3 Å². The zero-order valence-electron chi connectivity index (χ0n) is 14.3. The van der Waals surface area contributed by atoms with Gasteiger partial charge in [-0.1, -0.05) is 12.1 Å². The van der Waals surface area contributed by atoms with Crippen LogP contribution in [0.15, 0.2) is 36.4 Å². The quantitative estimate of drug-likeness (QED) is 0.881. The molecule has 2 fully saturated rings. The number of carbonyl (C=O) groups excluding carboxylic acids is 1. The minimum Gasteiger partial charge on any atom is -0.326 e. The lowest BCUT2D eigenvalue weighted by atomic mass is 9.57. The Labute approximate surface area is 154 Å². The van der Waals surface area contributed by atoms with E-state index in [1.54, 1.807) is 0 Å². The van der Waals surface area contributed by atoms with Gasteiger partial charge in [0.1, 0.15) is 0 Å². The van der Waals surface area contributed by atoms with Crippen LogP contribution in [0.1, 0.15) is 25.5 Å². The van der Waals surface area contributed by atoms with Gasteiger partial charge in [0, 0.05) is 31.3 Å². The molecular weight excluding hydrogens is 336 g/mol. The topological polar surface area (TPSA) is 66.9 Å². The number of hydrogen-bond acceptors (Lipinski definition) is 4. The van der Waals surface area contributed by atoms with Crippen LogP contribution < -0.4 is 10.6 Å². The van der Waals surface area contributed by atoms with E-state index in [-0.39, 0.29) is 18.3 Å². The molecule has 1 saturated carbocycles. The third kappa shape index (κ3) is 3.83. The first-order valence-electron chi connectivity index (χ1n) is 8.53. The third-order valence-corrected chi connectivity index (χ3v) is 5.16. The lowest BCUT2D eigenvalue weighted by molar-refractivity contribution is -0.114. The Balaban J connectivity index is 0.00000182. The maximum Gasteiger partial charge on any atom is 0.221 e. The van der Waals surface area contributed by atoms with Crippen molar-refractivity contribution in [3.05, 3.63) is 42.1 Å². The summed E-state index contributed by atoms with van der Waals surface area (Å²) in [6, 6.07) is 11.8. The predicted molar refractivity (Wildman–Crippen MR) is 101 cm³/mol. The first-order chi connectivity index (χ1) is 11.6. The second-order valence-corrected chi connectivity index (χ2v) is 7.25. The molecule has 2 N–H and O–H groups in total. The number of nitrogens with one attached hydrogen (secondary N) is 2. The lowest BCUT2D eigenvalue weighted by Crippen LogP contribution is -2.60. The van der Waals surface area contributed by atoms with Gasteiger partial charge >= 0.3 is 0 Å². The van der Waals surface area contributed by atoms with E-state index >= 15 is 0 Å². The Morgan fingerprint density at radius 3 is 2.40 bits per heavy atom. The van der Waals surface area contributed by atoms with Gasteiger partial charge in [-0.2, -0.15) is 10.2 Å². The highest BCUT2D eigenvalue weighted by Crippen LogP contribution is 2.49. The van der Waals surface area contributed by atoms with Crippen LogP contribution in [0.4, 0.5) is 5.69 Å². The summed E-state index contributed by atoms with van der Waals surface area (Å²) in [4.78, 5) is 11.0. The van der Waals surface area contributed by atoms with E-state index in [0.29, 0.717) is 5.41 Å². The van der Waals surface area contributed by atoms with Gasteiger partial charge in [-0.05, 0) is 54.9 Å². The van der Waals surface area contributed by atoms with Crippen LogP contribution in [-0.2, 0) is 11.2 Å². The molecule has 1 spiro atoms. The standard InChI is InChI=1S/C19H22N4O.ClH/c1-13(24)21-16-4-2-15(3-5-16)18-7-6-17(22-23-18)8-14-9-19(10-14)11-20-12-19;/h2-7,14,20H,8-12H2,1H3,(H,21,24);1H. The summed E-state index contributed by atoms with van der Waals surface area (Å²) in [6.45, 7) is 3.90. The first-order valence-corrected chi connectivity index (χ1v) is 8.53. The van der Waals surface area contributed by atoms with Crippen molar-refractivity contribution in [3.63, 3.8) is 0 Å². The largest absolute Gasteiger partial charge is 0.326 e. The van der Waals surface area contributed by atoms with Crippen molar-refractivity contribution in [2.75, 3.05) is 18.4 Å². The van der Waals surface area contributed by atoms with Crippen molar-refractivity contribution in [1.29, 1.82) is 0 Å². The first kappa shape index (κ1) is 17.8. The summed E-state index contributed by atoms with van der Waals surface area (Å²) >= 11 is 0. The Morgan fingerprint density at radius 2 is 1.88 bits per heavy atom. The number of halogens is 1. The smallest absolute Gasteiger partial charge is 0.221 e. The summed E-state index contributed by atoms with van der Waals surface area (Å²) in [5.41, 5.74) is 4.36. The molecule has 2 aromatic rings. The minimum atomic E-state index is -0.0673. The van der Waals surface area contributed by atoms with E-state index in [0.717, 1.165) is 35.0 Å². The van der Waals surface area contributed by atoms with Gasteiger partial charge in [-0.25, -0.2) is 0 Å². The normalized spacial score (nSPS) is 18.0. The predicted octanol–water partition coefficient (Wildman–Crippen LogP) is 3.07. The number of amides is 1. The number of benzene rings is 1. The highest BCUT2D eigenvalue weighted by molar-refractivity contribution is 5.88. The maximum atomic E-state index is 11.0. The molecule has 1 aromatic carbocycles. The van der Waals surface area contributed by atoms with E-state index in [1.807, 2.05) is 30.3 Å². The van der Waals surface area contributed by atoms with E-state index < -0.39 is 0 Å². The van der Waals surface area contributed by atoms with Crippen molar-refractivity contribution < 1.29 is 4.79 Å². The Kier molecular flexibility index (Phi) is 5.06. The molecule has 1 aliphatic heterocycles. The molecule has 0 radical (unpaired) electrons. The maximum absolute atomic E-state index is 11.0. The SMILES string of the molecule is CC(=O)Nc1ccc(-c2ccc(CC3CC4(CNC4)C3)nn2)cc1.Cl. The fraction of sp³-hybridized carbons (Fsp3) is 0.421. The Bertz CT molecular complexity index is 733. The van der Waals surface area contributed by atoms with E-state index in [1.165, 1.54) is 32.9 Å². The van der Waals surface area contributed by atoms with Gasteiger partial charge in [0.25, 0.3) is 0 Å². The summed E-state index contributed by atoms with van der Waals surface area (Å²) in [5.74, 6) is 0.700. The van der Waals surface area contributed by atoms with Gasteiger partial charge < -0.3 is 10.6 Å². The van der Waals surface area contributed by atoms with Crippen molar-refractivity contribution in [2.24, 2.45) is 11.3 Å². The van der Waals surface area contributed by atoms with Crippen molar-refractivity contribution in [1.82, 2.24) is 15.5 Å². The Hall–Kier alpha value is -1.98. The average molecular weight is 359 g/mol. The molecule has 0 unspecified atom stereocenters. The van der Waals surface area contributed by atoms with Crippen molar-refractivity contribution in [2.45, 2.75) is 26.2 Å². The van der Waals surface area contributed by atoms with Gasteiger partial charge in [-0.15, -0.1) is 12.4 Å².